The second-order valence-corrected chi connectivity index (χ2v) is 11.4. The summed E-state index contributed by atoms with van der Waals surface area (Å²) < 4.78 is 28.3. The van der Waals surface area contributed by atoms with Crippen molar-refractivity contribution in [1.82, 2.24) is 5.32 Å². The number of anilines is 1. The summed E-state index contributed by atoms with van der Waals surface area (Å²) in [5.41, 5.74) is -0.582. The van der Waals surface area contributed by atoms with Gasteiger partial charge in [0.05, 0.1) is 11.0 Å². The van der Waals surface area contributed by atoms with Crippen molar-refractivity contribution in [2.24, 2.45) is 0 Å². The van der Waals surface area contributed by atoms with E-state index in [-0.39, 0.29) is 33.6 Å². The summed E-state index contributed by atoms with van der Waals surface area (Å²) in [4.78, 5) is 38.0. The third-order valence-electron chi connectivity index (χ3n) is 7.52. The Morgan fingerprint density at radius 1 is 1.13 bits per heavy atom. The molecule has 1 aliphatic rings. The predicted molar refractivity (Wildman–Crippen MR) is 164 cm³/mol. The Bertz CT molecular complexity index is 1690. The molecule has 1 aromatic heterocycles. The third kappa shape index (κ3) is 6.90. The van der Waals surface area contributed by atoms with Crippen molar-refractivity contribution in [2.45, 2.75) is 71.2 Å². The number of benzene rings is 2. The van der Waals surface area contributed by atoms with Crippen molar-refractivity contribution < 1.29 is 48.3 Å². The maximum atomic E-state index is 13.0. The molecule has 45 heavy (non-hydrogen) atoms. The number of rotatable bonds is 8. The summed E-state index contributed by atoms with van der Waals surface area (Å²) in [6.07, 6.45) is -3.29. The molecule has 3 aromatic rings. The van der Waals surface area contributed by atoms with E-state index in [1.807, 2.05) is 19.9 Å². The topological polar surface area (TPSA) is 186 Å². The highest BCUT2D eigenvalue weighted by atomic mass is 16.7. The van der Waals surface area contributed by atoms with Crippen molar-refractivity contribution >= 4 is 28.7 Å². The van der Waals surface area contributed by atoms with Gasteiger partial charge < -0.3 is 49.3 Å². The number of alkyl carbamates (subject to hydrolysis) is 1. The van der Waals surface area contributed by atoms with Gasteiger partial charge in [0.1, 0.15) is 23.2 Å². The van der Waals surface area contributed by atoms with E-state index in [0.29, 0.717) is 12.0 Å². The number of fused-ring (bicyclic) bond motifs is 1. The highest BCUT2D eigenvalue weighted by molar-refractivity contribution is 6.06. The molecule has 4 unspecified atom stereocenters. The van der Waals surface area contributed by atoms with Gasteiger partial charge in [-0.2, -0.15) is 0 Å². The molecule has 5 N–H and O–H groups in total. The van der Waals surface area contributed by atoms with Crippen LogP contribution in [0.4, 0.5) is 10.5 Å². The maximum absolute atomic E-state index is 13.0. The molecule has 4 rings (SSSR count). The van der Waals surface area contributed by atoms with Gasteiger partial charge in [0.15, 0.2) is 23.6 Å². The number of phenols is 1. The summed E-state index contributed by atoms with van der Waals surface area (Å²) in [5.74, 6) is -1.05. The predicted octanol–water partition coefficient (Wildman–Crippen LogP) is 3.89. The van der Waals surface area contributed by atoms with E-state index in [4.69, 9.17) is 23.4 Å². The number of carbonyl (C=O) groups excluding carboxylic acids is 2. The van der Waals surface area contributed by atoms with Gasteiger partial charge in [-0.1, -0.05) is 11.6 Å². The van der Waals surface area contributed by atoms with E-state index in [0.717, 1.165) is 5.57 Å². The number of aryl methyl sites for hydroxylation is 1. The number of nitrogens with one attached hydrogen (secondary N) is 2. The average molecular weight is 627 g/mol. The minimum Gasteiger partial charge on any atom is -0.508 e. The van der Waals surface area contributed by atoms with Crippen LogP contribution in [-0.4, -0.2) is 71.7 Å². The number of carbonyl (C=O) groups is 2. The minimum absolute atomic E-state index is 0.0216. The van der Waals surface area contributed by atoms with Crippen LogP contribution in [0.2, 0.25) is 0 Å². The number of ether oxygens (including phenoxy) is 4. The van der Waals surface area contributed by atoms with Crippen LogP contribution in [-0.2, 0) is 20.6 Å². The summed E-state index contributed by atoms with van der Waals surface area (Å²) in [7, 11) is 2.78. The molecule has 1 fully saturated rings. The van der Waals surface area contributed by atoms with E-state index >= 15 is 0 Å². The summed E-state index contributed by atoms with van der Waals surface area (Å²) in [5, 5.41) is 37.1. The first kappa shape index (κ1) is 33.3. The van der Waals surface area contributed by atoms with Crippen LogP contribution in [0, 0.1) is 6.92 Å². The first-order valence-corrected chi connectivity index (χ1v) is 14.2. The lowest BCUT2D eigenvalue weighted by Crippen LogP contribution is -2.65. The smallest absolute Gasteiger partial charge is 0.407 e. The fourth-order valence-corrected chi connectivity index (χ4v) is 5.11. The van der Waals surface area contributed by atoms with Gasteiger partial charge in [0.25, 0.3) is 5.91 Å². The lowest BCUT2D eigenvalue weighted by atomic mass is 9.89. The zero-order chi connectivity index (χ0) is 33.2. The van der Waals surface area contributed by atoms with Gasteiger partial charge in [0, 0.05) is 25.3 Å². The SMILES string of the molecule is CNC(=O)OC1C(O)C(Oc2ccc3c(O)c(NC(=O)c4ccc(O)c(CC=C(C)C)c4)c(=O)oc3c2C)OC(C)(C)C1OC. The number of hydrogen-bond donors (Lipinski definition) is 5. The van der Waals surface area contributed by atoms with Gasteiger partial charge in [0.2, 0.25) is 6.29 Å². The van der Waals surface area contributed by atoms with Crippen molar-refractivity contribution in [2.75, 3.05) is 19.5 Å². The first-order valence-electron chi connectivity index (χ1n) is 14.2. The van der Waals surface area contributed by atoms with Crippen molar-refractivity contribution in [3.05, 3.63) is 69.1 Å². The fraction of sp³-hybridized carbons (Fsp3) is 0.406. The minimum atomic E-state index is -1.48. The van der Waals surface area contributed by atoms with Crippen LogP contribution in [0.15, 0.2) is 51.2 Å². The van der Waals surface area contributed by atoms with E-state index in [1.54, 1.807) is 20.8 Å². The number of hydrogen-bond acceptors (Lipinski definition) is 11. The molecule has 2 amide bonds. The van der Waals surface area contributed by atoms with E-state index in [9.17, 15) is 29.7 Å². The molecule has 0 radical (unpaired) electrons. The van der Waals surface area contributed by atoms with Crippen LogP contribution >= 0.6 is 0 Å². The zero-order valence-electron chi connectivity index (χ0n) is 26.1. The summed E-state index contributed by atoms with van der Waals surface area (Å²) in [6.45, 7) is 8.77. The van der Waals surface area contributed by atoms with Crippen molar-refractivity contribution in [1.29, 1.82) is 0 Å². The van der Waals surface area contributed by atoms with E-state index in [1.165, 1.54) is 44.5 Å². The lowest BCUT2D eigenvalue weighted by Gasteiger charge is -2.47. The molecule has 0 aliphatic carbocycles. The Kier molecular flexibility index (Phi) is 9.76. The Labute approximate surface area is 259 Å². The van der Waals surface area contributed by atoms with Crippen LogP contribution < -0.4 is 21.0 Å². The highest BCUT2D eigenvalue weighted by Gasteiger charge is 2.53. The molecule has 4 atom stereocenters. The molecular formula is C32H38N2O11. The number of amides is 2. The molecule has 242 valence electrons. The molecule has 13 heteroatoms. The molecule has 0 spiro atoms. The fourth-order valence-electron chi connectivity index (χ4n) is 5.11. The first-order chi connectivity index (χ1) is 21.2. The Morgan fingerprint density at radius 2 is 1.84 bits per heavy atom. The van der Waals surface area contributed by atoms with Crippen LogP contribution in [0.5, 0.6) is 17.2 Å². The monoisotopic (exact) mass is 626 g/mol. The average Bonchev–Trinajstić information content (AvgIpc) is 2.98. The van der Waals surface area contributed by atoms with Gasteiger partial charge >= 0.3 is 11.7 Å². The number of phenolic OH excluding ortho intramolecular Hbond substituents is 1. The third-order valence-corrected chi connectivity index (χ3v) is 7.52. The van der Waals surface area contributed by atoms with Crippen molar-refractivity contribution in [3.8, 4) is 17.2 Å². The number of aromatic hydroxyl groups is 2. The number of methoxy groups -OCH3 is 1. The van der Waals surface area contributed by atoms with Gasteiger partial charge in [-0.05, 0) is 76.9 Å². The molecule has 1 saturated heterocycles. The van der Waals surface area contributed by atoms with Crippen molar-refractivity contribution in [3.63, 3.8) is 0 Å². The number of aliphatic hydroxyl groups excluding tert-OH is 1. The zero-order valence-corrected chi connectivity index (χ0v) is 26.1. The van der Waals surface area contributed by atoms with Gasteiger partial charge in [-0.3, -0.25) is 4.79 Å². The summed E-state index contributed by atoms with van der Waals surface area (Å²) >= 11 is 0. The highest BCUT2D eigenvalue weighted by Crippen LogP contribution is 2.38. The van der Waals surface area contributed by atoms with Gasteiger partial charge in [-0.15, -0.1) is 0 Å². The molecule has 0 bridgehead atoms. The lowest BCUT2D eigenvalue weighted by molar-refractivity contribution is -0.305. The Morgan fingerprint density at radius 3 is 2.49 bits per heavy atom. The normalized spacial score (nSPS) is 20.7. The van der Waals surface area contributed by atoms with E-state index in [2.05, 4.69) is 10.6 Å². The van der Waals surface area contributed by atoms with Crippen LogP contribution in [0.25, 0.3) is 11.0 Å². The quantitative estimate of drug-likeness (QED) is 0.180. The van der Waals surface area contributed by atoms with Crippen LogP contribution in [0.1, 0.15) is 49.2 Å². The molecule has 2 aromatic carbocycles. The second kappa shape index (κ2) is 13.2. The van der Waals surface area contributed by atoms with Gasteiger partial charge in [-0.25, -0.2) is 9.59 Å². The largest absolute Gasteiger partial charge is 0.508 e. The summed E-state index contributed by atoms with van der Waals surface area (Å²) in [6, 6.07) is 7.16. The Hall–Kier alpha value is -4.59. The number of aliphatic hydroxyl groups is 1. The number of allylic oxidation sites excluding steroid dienone is 2. The molecule has 2 heterocycles. The standard InChI is InChI=1S/C32H38N2O11/c1-15(2)8-9-17-14-18(10-12-20(17)35)28(38)34-22-23(36)19-11-13-21(16(3)25(19)43-29(22)39)42-30-24(37)26(44-31(40)33-6)27(41-7)32(4,5)45-30/h8,10-14,24,26-27,30,35-37H,9H2,1-7H3,(H,33,40)(H,34,38). The van der Waals surface area contributed by atoms with E-state index < -0.39 is 59.3 Å². The molecule has 0 saturated carbocycles. The second-order valence-electron chi connectivity index (χ2n) is 11.4. The molecule has 1 aliphatic heterocycles. The Balaban J connectivity index is 1.63. The maximum Gasteiger partial charge on any atom is 0.407 e. The molecule has 13 nitrogen and oxygen atoms in total. The molecular weight excluding hydrogens is 588 g/mol. The van der Waals surface area contributed by atoms with Crippen LogP contribution in [0.3, 0.4) is 0 Å².